The largest absolute Gasteiger partial charge is 0.482 e. The van der Waals surface area contributed by atoms with Gasteiger partial charge in [0.05, 0.1) is 6.61 Å². The van der Waals surface area contributed by atoms with Gasteiger partial charge in [-0.1, -0.05) is 19.1 Å². The summed E-state index contributed by atoms with van der Waals surface area (Å²) >= 11 is 0. The van der Waals surface area contributed by atoms with E-state index in [4.69, 9.17) is 9.47 Å². The van der Waals surface area contributed by atoms with Crippen LogP contribution in [0.15, 0.2) is 24.3 Å². The van der Waals surface area contributed by atoms with Crippen molar-refractivity contribution in [3.8, 4) is 5.75 Å². The molecule has 0 spiro atoms. The van der Waals surface area contributed by atoms with E-state index >= 15 is 0 Å². The monoisotopic (exact) mass is 279 g/mol. The maximum absolute atomic E-state index is 11.2. The van der Waals surface area contributed by atoms with Crippen molar-refractivity contribution in [1.29, 1.82) is 0 Å². The molecule has 0 fully saturated rings. The number of benzene rings is 1. The molecule has 1 rings (SSSR count). The number of nitrogens with one attached hydrogen (secondary N) is 1. The average molecular weight is 279 g/mol. The normalized spacial score (nSPS) is 11.9. The Morgan fingerprint density at radius 2 is 1.95 bits per heavy atom. The van der Waals surface area contributed by atoms with Crippen LogP contribution >= 0.6 is 0 Å². The second kappa shape index (κ2) is 9.37. The van der Waals surface area contributed by atoms with Gasteiger partial charge in [-0.2, -0.15) is 0 Å². The van der Waals surface area contributed by atoms with Gasteiger partial charge in [0.25, 0.3) is 0 Å². The lowest BCUT2D eigenvalue weighted by atomic mass is 10.1. The van der Waals surface area contributed by atoms with Gasteiger partial charge < -0.3 is 14.8 Å². The van der Waals surface area contributed by atoms with Crippen molar-refractivity contribution in [3.05, 3.63) is 29.8 Å². The van der Waals surface area contributed by atoms with E-state index in [0.717, 1.165) is 19.4 Å². The third-order valence-corrected chi connectivity index (χ3v) is 2.87. The predicted molar refractivity (Wildman–Crippen MR) is 80.0 cm³/mol. The third-order valence-electron chi connectivity index (χ3n) is 2.87. The second-order valence-electron chi connectivity index (χ2n) is 4.80. The minimum atomic E-state index is -0.339. The summed E-state index contributed by atoms with van der Waals surface area (Å²) in [6.07, 6.45) is 2.13. The van der Waals surface area contributed by atoms with Crippen LogP contribution in [0.25, 0.3) is 0 Å². The molecule has 0 aliphatic heterocycles. The van der Waals surface area contributed by atoms with Crippen molar-refractivity contribution in [2.75, 3.05) is 19.8 Å². The first-order chi connectivity index (χ1) is 9.65. The smallest absolute Gasteiger partial charge is 0.344 e. The highest BCUT2D eigenvalue weighted by Gasteiger charge is 2.05. The van der Waals surface area contributed by atoms with Crippen molar-refractivity contribution >= 4 is 5.97 Å². The minimum Gasteiger partial charge on any atom is -0.482 e. The summed E-state index contributed by atoms with van der Waals surface area (Å²) in [5.74, 6) is 0.352. The zero-order chi connectivity index (χ0) is 14.8. The first-order valence-electron chi connectivity index (χ1n) is 7.26. The van der Waals surface area contributed by atoms with E-state index in [1.165, 1.54) is 5.56 Å². The van der Waals surface area contributed by atoms with Crippen molar-refractivity contribution in [3.63, 3.8) is 0 Å². The summed E-state index contributed by atoms with van der Waals surface area (Å²) in [5, 5.41) is 3.46. The molecule has 1 aromatic carbocycles. The number of hydrogen-bond acceptors (Lipinski definition) is 4. The maximum Gasteiger partial charge on any atom is 0.344 e. The first kappa shape index (κ1) is 16.5. The summed E-state index contributed by atoms with van der Waals surface area (Å²) < 4.78 is 10.2. The number of carbonyl (C=O) groups excluding carboxylic acids is 1. The minimum absolute atomic E-state index is 0.0400. The quantitative estimate of drug-likeness (QED) is 0.706. The zero-order valence-electron chi connectivity index (χ0n) is 12.6. The molecular weight excluding hydrogens is 254 g/mol. The van der Waals surface area contributed by atoms with E-state index in [0.29, 0.717) is 18.4 Å². The van der Waals surface area contributed by atoms with Gasteiger partial charge in [0.2, 0.25) is 0 Å². The lowest BCUT2D eigenvalue weighted by molar-refractivity contribution is -0.145. The topological polar surface area (TPSA) is 47.6 Å². The molecule has 1 aromatic rings. The Morgan fingerprint density at radius 3 is 2.55 bits per heavy atom. The molecule has 0 heterocycles. The van der Waals surface area contributed by atoms with Gasteiger partial charge in [-0.15, -0.1) is 0 Å². The van der Waals surface area contributed by atoms with Crippen LogP contribution < -0.4 is 10.1 Å². The van der Waals surface area contributed by atoms with E-state index in [2.05, 4.69) is 19.2 Å². The van der Waals surface area contributed by atoms with Crippen molar-refractivity contribution in [1.82, 2.24) is 5.32 Å². The molecule has 112 valence electrons. The molecule has 0 radical (unpaired) electrons. The van der Waals surface area contributed by atoms with Crippen LogP contribution in [0.2, 0.25) is 0 Å². The lowest BCUT2D eigenvalue weighted by Gasteiger charge is -2.13. The summed E-state index contributed by atoms with van der Waals surface area (Å²) in [6.45, 7) is 7.50. The zero-order valence-corrected chi connectivity index (χ0v) is 12.6. The Balaban J connectivity index is 2.38. The average Bonchev–Trinajstić information content (AvgIpc) is 2.45. The molecule has 0 saturated heterocycles. The standard InChI is InChI=1S/C16H25NO3/c1-4-10-17-13(3)11-14-6-8-15(9-7-14)20-12-16(18)19-5-2/h6-9,13,17H,4-5,10-12H2,1-3H3. The fourth-order valence-corrected chi connectivity index (χ4v) is 1.88. The Kier molecular flexibility index (Phi) is 7.73. The van der Waals surface area contributed by atoms with Crippen LogP contribution in [-0.2, 0) is 16.0 Å². The van der Waals surface area contributed by atoms with E-state index in [9.17, 15) is 4.79 Å². The number of hydrogen-bond donors (Lipinski definition) is 1. The summed E-state index contributed by atoms with van der Waals surface area (Å²) in [7, 11) is 0. The maximum atomic E-state index is 11.2. The molecular formula is C16H25NO3. The van der Waals surface area contributed by atoms with Crippen molar-refractivity contribution < 1.29 is 14.3 Å². The Morgan fingerprint density at radius 1 is 1.25 bits per heavy atom. The molecule has 1 unspecified atom stereocenters. The van der Waals surface area contributed by atoms with Crippen LogP contribution in [0.3, 0.4) is 0 Å². The molecule has 20 heavy (non-hydrogen) atoms. The van der Waals surface area contributed by atoms with E-state index < -0.39 is 0 Å². The highest BCUT2D eigenvalue weighted by atomic mass is 16.6. The molecule has 0 amide bonds. The van der Waals surface area contributed by atoms with Gasteiger partial charge in [-0.25, -0.2) is 4.79 Å². The molecule has 0 saturated carbocycles. The van der Waals surface area contributed by atoms with Crippen LogP contribution in [-0.4, -0.2) is 31.8 Å². The van der Waals surface area contributed by atoms with Crippen LogP contribution in [0.5, 0.6) is 5.75 Å². The van der Waals surface area contributed by atoms with E-state index in [-0.39, 0.29) is 12.6 Å². The van der Waals surface area contributed by atoms with Gasteiger partial charge in [0.15, 0.2) is 6.61 Å². The van der Waals surface area contributed by atoms with Crippen molar-refractivity contribution in [2.45, 2.75) is 39.7 Å². The molecule has 0 aliphatic rings. The molecule has 4 heteroatoms. The Labute approximate surface area is 121 Å². The summed E-state index contributed by atoms with van der Waals surface area (Å²) in [4.78, 5) is 11.2. The molecule has 0 aliphatic carbocycles. The van der Waals surface area contributed by atoms with Crippen LogP contribution in [0, 0.1) is 0 Å². The molecule has 0 aromatic heterocycles. The van der Waals surface area contributed by atoms with Gasteiger partial charge in [0.1, 0.15) is 5.75 Å². The van der Waals surface area contributed by atoms with Gasteiger partial charge in [0, 0.05) is 6.04 Å². The summed E-state index contributed by atoms with van der Waals surface area (Å²) in [6, 6.07) is 8.30. The van der Waals surface area contributed by atoms with Crippen LogP contribution in [0.4, 0.5) is 0 Å². The van der Waals surface area contributed by atoms with Crippen LogP contribution in [0.1, 0.15) is 32.8 Å². The van der Waals surface area contributed by atoms with E-state index in [1.807, 2.05) is 24.3 Å². The van der Waals surface area contributed by atoms with Gasteiger partial charge in [-0.05, 0) is 50.9 Å². The first-order valence-corrected chi connectivity index (χ1v) is 7.26. The molecule has 1 atom stereocenters. The highest BCUT2D eigenvalue weighted by Crippen LogP contribution is 2.13. The Bertz CT molecular complexity index is 389. The number of esters is 1. The third kappa shape index (κ3) is 6.57. The van der Waals surface area contributed by atoms with Crippen molar-refractivity contribution in [2.24, 2.45) is 0 Å². The molecule has 4 nitrogen and oxygen atoms in total. The number of rotatable bonds is 9. The highest BCUT2D eigenvalue weighted by molar-refractivity contribution is 5.71. The van der Waals surface area contributed by atoms with Gasteiger partial charge >= 0.3 is 5.97 Å². The lowest BCUT2D eigenvalue weighted by Crippen LogP contribution is -2.28. The second-order valence-corrected chi connectivity index (χ2v) is 4.80. The van der Waals surface area contributed by atoms with E-state index in [1.54, 1.807) is 6.92 Å². The SMILES string of the molecule is CCCNC(C)Cc1ccc(OCC(=O)OCC)cc1. The predicted octanol–water partition coefficient (Wildman–Crippen LogP) is 2.56. The number of carbonyl (C=O) groups is 1. The Hall–Kier alpha value is -1.55. The fourth-order valence-electron chi connectivity index (χ4n) is 1.88. The number of ether oxygens (including phenoxy) is 2. The molecule has 0 bridgehead atoms. The van der Waals surface area contributed by atoms with Gasteiger partial charge in [-0.3, -0.25) is 0 Å². The summed E-state index contributed by atoms with van der Waals surface area (Å²) in [5.41, 5.74) is 1.25. The fraction of sp³-hybridized carbons (Fsp3) is 0.562. The molecule has 1 N–H and O–H groups in total.